The molecule has 0 saturated carbocycles. The van der Waals surface area contributed by atoms with Crippen LogP contribution in [0.15, 0.2) is 24.3 Å². The third-order valence-electron chi connectivity index (χ3n) is 2.76. The first-order chi connectivity index (χ1) is 7.05. The lowest BCUT2D eigenvalue weighted by atomic mass is 10.1. The molecule has 15 heavy (non-hydrogen) atoms. The van der Waals surface area contributed by atoms with Gasteiger partial charge in [0.1, 0.15) is 6.23 Å². The molecule has 1 aliphatic rings. The zero-order valence-electron chi connectivity index (χ0n) is 9.71. The topological polar surface area (TPSA) is 21.3 Å². The highest BCUT2D eigenvalue weighted by Gasteiger charge is 2.30. The van der Waals surface area contributed by atoms with E-state index in [0.29, 0.717) is 0 Å². The maximum atomic E-state index is 5.87. The van der Waals surface area contributed by atoms with Crippen LogP contribution in [0.5, 0.6) is 0 Å². The lowest BCUT2D eigenvalue weighted by Crippen LogP contribution is -2.24. The third kappa shape index (κ3) is 2.80. The SMILES string of the molecule is Cc1ccc(CC2NCC(C)(C)O2)cc1. The van der Waals surface area contributed by atoms with E-state index in [4.69, 9.17) is 4.74 Å². The van der Waals surface area contributed by atoms with Gasteiger partial charge in [-0.15, -0.1) is 0 Å². The van der Waals surface area contributed by atoms with Crippen LogP contribution in [0.2, 0.25) is 0 Å². The van der Waals surface area contributed by atoms with Crippen molar-refractivity contribution in [3.8, 4) is 0 Å². The largest absolute Gasteiger partial charge is 0.356 e. The minimum Gasteiger partial charge on any atom is -0.356 e. The summed E-state index contributed by atoms with van der Waals surface area (Å²) in [5.74, 6) is 0. The minimum atomic E-state index is -0.0185. The smallest absolute Gasteiger partial charge is 0.113 e. The van der Waals surface area contributed by atoms with Crippen molar-refractivity contribution in [2.24, 2.45) is 0 Å². The molecule has 1 fully saturated rings. The third-order valence-corrected chi connectivity index (χ3v) is 2.76. The molecule has 2 heteroatoms. The van der Waals surface area contributed by atoms with Crippen molar-refractivity contribution < 1.29 is 4.74 Å². The maximum Gasteiger partial charge on any atom is 0.113 e. The van der Waals surface area contributed by atoms with Gasteiger partial charge >= 0.3 is 0 Å². The lowest BCUT2D eigenvalue weighted by molar-refractivity contribution is -0.0136. The highest BCUT2D eigenvalue weighted by molar-refractivity contribution is 5.21. The van der Waals surface area contributed by atoms with Gasteiger partial charge in [-0.2, -0.15) is 0 Å². The average molecular weight is 205 g/mol. The number of benzene rings is 1. The Labute approximate surface area is 91.6 Å². The van der Waals surface area contributed by atoms with Gasteiger partial charge in [0.05, 0.1) is 5.60 Å². The number of aryl methyl sites for hydroxylation is 1. The zero-order chi connectivity index (χ0) is 10.9. The van der Waals surface area contributed by atoms with Gasteiger partial charge in [-0.1, -0.05) is 29.8 Å². The molecule has 1 aromatic rings. The van der Waals surface area contributed by atoms with Crippen molar-refractivity contribution in [1.29, 1.82) is 0 Å². The molecule has 1 aromatic carbocycles. The fourth-order valence-corrected chi connectivity index (χ4v) is 1.88. The number of nitrogens with one attached hydrogen (secondary N) is 1. The summed E-state index contributed by atoms with van der Waals surface area (Å²) in [7, 11) is 0. The Morgan fingerprint density at radius 2 is 2.00 bits per heavy atom. The normalized spacial score (nSPS) is 24.3. The average Bonchev–Trinajstić information content (AvgIpc) is 2.50. The maximum absolute atomic E-state index is 5.87. The van der Waals surface area contributed by atoms with E-state index in [1.54, 1.807) is 0 Å². The fourth-order valence-electron chi connectivity index (χ4n) is 1.88. The molecule has 0 bridgehead atoms. The van der Waals surface area contributed by atoms with Crippen LogP contribution in [-0.4, -0.2) is 18.4 Å². The molecule has 2 rings (SSSR count). The van der Waals surface area contributed by atoms with Gasteiger partial charge in [0, 0.05) is 13.0 Å². The van der Waals surface area contributed by atoms with Gasteiger partial charge < -0.3 is 4.74 Å². The van der Waals surface area contributed by atoms with Crippen molar-refractivity contribution in [3.05, 3.63) is 35.4 Å². The van der Waals surface area contributed by atoms with E-state index in [2.05, 4.69) is 50.4 Å². The van der Waals surface area contributed by atoms with Gasteiger partial charge in [0.25, 0.3) is 0 Å². The predicted molar refractivity (Wildman–Crippen MR) is 61.8 cm³/mol. The quantitative estimate of drug-likeness (QED) is 0.799. The van der Waals surface area contributed by atoms with Crippen molar-refractivity contribution in [3.63, 3.8) is 0 Å². The number of hydrogen-bond donors (Lipinski definition) is 1. The Kier molecular flexibility index (Phi) is 2.81. The summed E-state index contributed by atoms with van der Waals surface area (Å²) in [6.07, 6.45) is 1.12. The number of hydrogen-bond acceptors (Lipinski definition) is 2. The molecule has 82 valence electrons. The Morgan fingerprint density at radius 3 is 2.53 bits per heavy atom. The van der Waals surface area contributed by atoms with Gasteiger partial charge in [-0.25, -0.2) is 0 Å². The van der Waals surface area contributed by atoms with Crippen LogP contribution in [0.25, 0.3) is 0 Å². The summed E-state index contributed by atoms with van der Waals surface area (Å²) in [6.45, 7) is 7.28. The Bertz CT molecular complexity index is 329. The predicted octanol–water partition coefficient (Wildman–Crippen LogP) is 2.26. The van der Waals surface area contributed by atoms with Gasteiger partial charge in [-0.3, -0.25) is 5.32 Å². The monoisotopic (exact) mass is 205 g/mol. The molecule has 1 saturated heterocycles. The van der Waals surface area contributed by atoms with E-state index < -0.39 is 0 Å². The van der Waals surface area contributed by atoms with Crippen LogP contribution in [0, 0.1) is 6.92 Å². The van der Waals surface area contributed by atoms with Crippen LogP contribution >= 0.6 is 0 Å². The number of ether oxygens (including phenoxy) is 1. The Balaban J connectivity index is 1.96. The van der Waals surface area contributed by atoms with Crippen molar-refractivity contribution in [1.82, 2.24) is 5.32 Å². The molecule has 0 radical (unpaired) electrons. The molecule has 0 aliphatic carbocycles. The molecule has 2 nitrogen and oxygen atoms in total. The summed E-state index contributed by atoms with van der Waals surface area (Å²) in [5, 5.41) is 3.39. The van der Waals surface area contributed by atoms with Gasteiger partial charge in [0.2, 0.25) is 0 Å². The van der Waals surface area contributed by atoms with Gasteiger partial charge in [-0.05, 0) is 26.3 Å². The summed E-state index contributed by atoms with van der Waals surface area (Å²) in [5.41, 5.74) is 2.62. The fraction of sp³-hybridized carbons (Fsp3) is 0.538. The number of rotatable bonds is 2. The van der Waals surface area contributed by atoms with Crippen molar-refractivity contribution >= 4 is 0 Å². The standard InChI is InChI=1S/C13H19NO/c1-10-4-6-11(7-5-10)8-12-14-9-13(2,3)15-12/h4-7,12,14H,8-9H2,1-3H3. The first-order valence-electron chi connectivity index (χ1n) is 5.52. The summed E-state index contributed by atoms with van der Waals surface area (Å²) < 4.78 is 5.87. The van der Waals surface area contributed by atoms with E-state index >= 15 is 0 Å². The van der Waals surface area contributed by atoms with E-state index in [1.807, 2.05) is 0 Å². The molecule has 0 spiro atoms. The molecule has 1 N–H and O–H groups in total. The molecule has 0 aromatic heterocycles. The molecule has 0 amide bonds. The van der Waals surface area contributed by atoms with Crippen LogP contribution < -0.4 is 5.32 Å². The van der Waals surface area contributed by atoms with Crippen LogP contribution in [0.1, 0.15) is 25.0 Å². The van der Waals surface area contributed by atoms with Crippen molar-refractivity contribution in [2.75, 3.05) is 6.54 Å². The Morgan fingerprint density at radius 1 is 1.33 bits per heavy atom. The van der Waals surface area contributed by atoms with E-state index in [-0.39, 0.29) is 11.8 Å². The highest BCUT2D eigenvalue weighted by Crippen LogP contribution is 2.19. The summed E-state index contributed by atoms with van der Waals surface area (Å²) >= 11 is 0. The molecule has 1 unspecified atom stereocenters. The Hall–Kier alpha value is -0.860. The van der Waals surface area contributed by atoms with Gasteiger partial charge in [0.15, 0.2) is 0 Å². The first-order valence-corrected chi connectivity index (χ1v) is 5.52. The molecule has 1 aliphatic heterocycles. The lowest BCUT2D eigenvalue weighted by Gasteiger charge is -2.17. The van der Waals surface area contributed by atoms with E-state index in [0.717, 1.165) is 13.0 Å². The van der Waals surface area contributed by atoms with E-state index in [1.165, 1.54) is 11.1 Å². The second-order valence-corrected chi connectivity index (χ2v) is 4.94. The van der Waals surface area contributed by atoms with E-state index in [9.17, 15) is 0 Å². The van der Waals surface area contributed by atoms with Crippen LogP contribution in [0.4, 0.5) is 0 Å². The minimum absolute atomic E-state index is 0.0185. The highest BCUT2D eigenvalue weighted by atomic mass is 16.5. The molecular formula is C13H19NO. The first kappa shape index (κ1) is 10.7. The van der Waals surface area contributed by atoms with Crippen LogP contribution in [-0.2, 0) is 11.2 Å². The molecule has 1 heterocycles. The summed E-state index contributed by atoms with van der Waals surface area (Å²) in [4.78, 5) is 0. The molecular weight excluding hydrogens is 186 g/mol. The second kappa shape index (κ2) is 3.95. The molecule has 1 atom stereocenters. The van der Waals surface area contributed by atoms with Crippen molar-refractivity contribution in [2.45, 2.75) is 39.0 Å². The van der Waals surface area contributed by atoms with Crippen LogP contribution in [0.3, 0.4) is 0 Å². The zero-order valence-corrected chi connectivity index (χ0v) is 9.71. The summed E-state index contributed by atoms with van der Waals surface area (Å²) in [6, 6.07) is 8.64. The second-order valence-electron chi connectivity index (χ2n) is 4.94.